The van der Waals surface area contributed by atoms with Crippen molar-refractivity contribution in [2.75, 3.05) is 45.4 Å². The maximum Gasteiger partial charge on any atom is 0.153 e. The molecule has 0 bridgehead atoms. The van der Waals surface area contributed by atoms with E-state index in [0.717, 1.165) is 36.7 Å². The Morgan fingerprint density at radius 3 is 2.12 bits per heavy atom. The predicted molar refractivity (Wildman–Crippen MR) is 103 cm³/mol. The summed E-state index contributed by atoms with van der Waals surface area (Å²) in [5, 5.41) is 0. The lowest BCUT2D eigenvalue weighted by Gasteiger charge is -2.44. The van der Waals surface area contributed by atoms with Crippen LogP contribution in [0, 0.1) is 5.92 Å². The van der Waals surface area contributed by atoms with Crippen LogP contribution in [0.1, 0.15) is 19.4 Å². The van der Waals surface area contributed by atoms with Crippen LogP contribution < -0.4 is 9.47 Å². The average Bonchev–Trinajstić information content (AvgIpc) is 2.92. The minimum Gasteiger partial charge on any atom is -0.496 e. The molecule has 1 aromatic rings. The van der Waals surface area contributed by atoms with E-state index in [4.69, 9.17) is 9.47 Å². The highest BCUT2D eigenvalue weighted by atomic mass is 32.2. The molecule has 0 saturated carbocycles. The Bertz CT molecular complexity index is 713. The molecule has 2 fully saturated rings. The predicted octanol–water partition coefficient (Wildman–Crippen LogP) is 1.64. The van der Waals surface area contributed by atoms with Crippen LogP contribution in [0.15, 0.2) is 18.2 Å². The molecule has 0 radical (unpaired) electrons. The van der Waals surface area contributed by atoms with Crippen LogP contribution in [-0.2, 0) is 16.4 Å². The van der Waals surface area contributed by atoms with Crippen LogP contribution in [0.5, 0.6) is 11.5 Å². The lowest BCUT2D eigenvalue weighted by atomic mass is 10.0. The van der Waals surface area contributed by atoms with E-state index >= 15 is 0 Å². The largest absolute Gasteiger partial charge is 0.496 e. The van der Waals surface area contributed by atoms with Crippen LogP contribution in [0.4, 0.5) is 0 Å². The molecule has 1 aromatic carbocycles. The number of nitrogens with zero attached hydrogens (tertiary/aromatic N) is 2. The molecule has 2 atom stereocenters. The first kappa shape index (κ1) is 19.5. The van der Waals surface area contributed by atoms with Gasteiger partial charge in [-0.2, -0.15) is 0 Å². The van der Waals surface area contributed by atoms with Crippen molar-refractivity contribution in [3.63, 3.8) is 0 Å². The van der Waals surface area contributed by atoms with Crippen molar-refractivity contribution in [3.8, 4) is 11.5 Å². The van der Waals surface area contributed by atoms with Crippen LogP contribution in [0.25, 0.3) is 0 Å². The number of fused-ring (bicyclic) bond motifs is 1. The van der Waals surface area contributed by atoms with E-state index in [2.05, 4.69) is 23.6 Å². The first-order valence-corrected chi connectivity index (χ1v) is 11.0. The molecule has 146 valence electrons. The van der Waals surface area contributed by atoms with Gasteiger partial charge >= 0.3 is 0 Å². The molecule has 0 unspecified atom stereocenters. The maximum absolute atomic E-state index is 12.4. The van der Waals surface area contributed by atoms with Crippen molar-refractivity contribution in [1.82, 2.24) is 9.80 Å². The highest BCUT2D eigenvalue weighted by molar-refractivity contribution is 7.91. The number of rotatable bonds is 6. The number of piperazine rings is 1. The van der Waals surface area contributed by atoms with Crippen LogP contribution in [0.2, 0.25) is 0 Å². The third-order valence-corrected chi connectivity index (χ3v) is 7.10. The third kappa shape index (κ3) is 4.00. The van der Waals surface area contributed by atoms with Crippen molar-refractivity contribution < 1.29 is 17.9 Å². The van der Waals surface area contributed by atoms with Gasteiger partial charge < -0.3 is 9.47 Å². The van der Waals surface area contributed by atoms with Crippen molar-refractivity contribution in [1.29, 1.82) is 0 Å². The number of methoxy groups -OCH3 is 2. The molecule has 0 amide bonds. The molecule has 2 aliphatic heterocycles. The molecular weight excluding hydrogens is 352 g/mol. The zero-order valence-electron chi connectivity index (χ0n) is 16.1. The highest BCUT2D eigenvalue weighted by Gasteiger charge is 2.46. The first-order valence-electron chi connectivity index (χ1n) is 9.23. The second-order valence-corrected chi connectivity index (χ2v) is 9.87. The highest BCUT2D eigenvalue weighted by Crippen LogP contribution is 2.34. The Morgan fingerprint density at radius 1 is 1.04 bits per heavy atom. The zero-order valence-corrected chi connectivity index (χ0v) is 17.0. The molecule has 2 saturated heterocycles. The number of sulfone groups is 1. The molecule has 2 heterocycles. The standard InChI is InChI=1S/C19H30N2O4S/c1-14(2)10-20-8-9-21(17-13-26(22,23)12-16(17)20)11-15-18(24-3)6-5-7-19(15)25-4/h5-7,14,16-17H,8-13H2,1-4H3/t16-,17+/m1/s1. The fourth-order valence-electron chi connectivity index (χ4n) is 4.28. The van der Waals surface area contributed by atoms with Crippen molar-refractivity contribution in [2.24, 2.45) is 5.92 Å². The van der Waals surface area contributed by atoms with Gasteiger partial charge in [0.1, 0.15) is 11.5 Å². The van der Waals surface area contributed by atoms with Crippen molar-refractivity contribution in [3.05, 3.63) is 23.8 Å². The molecule has 26 heavy (non-hydrogen) atoms. The van der Waals surface area contributed by atoms with E-state index in [9.17, 15) is 8.42 Å². The number of benzene rings is 1. The molecule has 0 aliphatic carbocycles. The topological polar surface area (TPSA) is 59.1 Å². The molecule has 7 heteroatoms. The molecule has 2 aliphatic rings. The van der Waals surface area contributed by atoms with E-state index in [1.54, 1.807) is 14.2 Å². The van der Waals surface area contributed by atoms with Gasteiger partial charge in [0.05, 0.1) is 31.3 Å². The smallest absolute Gasteiger partial charge is 0.153 e. The Hall–Kier alpha value is -1.31. The number of ether oxygens (including phenoxy) is 2. The van der Waals surface area contributed by atoms with Crippen molar-refractivity contribution in [2.45, 2.75) is 32.5 Å². The lowest BCUT2D eigenvalue weighted by Crippen LogP contribution is -2.59. The second-order valence-electron chi connectivity index (χ2n) is 7.71. The molecule has 6 nitrogen and oxygen atoms in total. The quantitative estimate of drug-likeness (QED) is 0.746. The Kier molecular flexibility index (Phi) is 5.79. The average molecular weight is 383 g/mol. The van der Waals surface area contributed by atoms with Crippen molar-refractivity contribution >= 4 is 9.84 Å². The van der Waals surface area contributed by atoms with Gasteiger partial charge in [-0.25, -0.2) is 8.42 Å². The fourth-order valence-corrected chi connectivity index (χ4v) is 6.32. The molecule has 0 aromatic heterocycles. The van der Waals surface area contributed by atoms with Gasteiger partial charge in [0.2, 0.25) is 0 Å². The van der Waals surface area contributed by atoms with Gasteiger partial charge in [-0.3, -0.25) is 9.80 Å². The van der Waals surface area contributed by atoms with Crippen LogP contribution >= 0.6 is 0 Å². The monoisotopic (exact) mass is 382 g/mol. The summed E-state index contributed by atoms with van der Waals surface area (Å²) < 4.78 is 35.8. The van der Waals surface area contributed by atoms with Gasteiger partial charge in [-0.1, -0.05) is 19.9 Å². The number of hydrogen-bond acceptors (Lipinski definition) is 6. The summed E-state index contributed by atoms with van der Waals surface area (Å²) >= 11 is 0. The minimum atomic E-state index is -3.00. The van der Waals surface area contributed by atoms with Gasteiger partial charge in [0.25, 0.3) is 0 Å². The minimum absolute atomic E-state index is 0.0297. The fraction of sp³-hybridized carbons (Fsp3) is 0.684. The van der Waals surface area contributed by atoms with E-state index in [1.807, 2.05) is 18.2 Å². The Morgan fingerprint density at radius 2 is 1.58 bits per heavy atom. The van der Waals surface area contributed by atoms with E-state index < -0.39 is 9.84 Å². The molecule has 0 N–H and O–H groups in total. The summed E-state index contributed by atoms with van der Waals surface area (Å²) in [7, 11) is 0.309. The van der Waals surface area contributed by atoms with E-state index in [-0.39, 0.29) is 23.6 Å². The summed E-state index contributed by atoms with van der Waals surface area (Å²) in [5.41, 5.74) is 0.984. The van der Waals surface area contributed by atoms with Gasteiger partial charge in [-0.05, 0) is 18.1 Å². The van der Waals surface area contributed by atoms with Gasteiger partial charge in [0.15, 0.2) is 9.84 Å². The van der Waals surface area contributed by atoms with Gasteiger partial charge in [-0.15, -0.1) is 0 Å². The van der Waals surface area contributed by atoms with Crippen LogP contribution in [-0.4, -0.2) is 75.7 Å². The summed E-state index contributed by atoms with van der Waals surface area (Å²) in [4.78, 5) is 4.67. The Balaban J connectivity index is 1.86. The summed E-state index contributed by atoms with van der Waals surface area (Å²) in [5.74, 6) is 2.60. The summed E-state index contributed by atoms with van der Waals surface area (Å²) in [6.45, 7) is 7.70. The molecular formula is C19H30N2O4S. The van der Waals surface area contributed by atoms with E-state index in [1.165, 1.54) is 0 Å². The normalized spacial score (nSPS) is 26.0. The lowest BCUT2D eigenvalue weighted by molar-refractivity contribution is 0.0329. The SMILES string of the molecule is COc1cccc(OC)c1CN1CCN(CC(C)C)[C@@H]2CS(=O)(=O)C[C@@H]21. The zero-order chi connectivity index (χ0) is 18.9. The molecule has 0 spiro atoms. The second kappa shape index (κ2) is 7.74. The van der Waals surface area contributed by atoms with E-state index in [0.29, 0.717) is 12.5 Å². The Labute approximate surface area is 157 Å². The molecule has 3 rings (SSSR count). The number of hydrogen-bond donors (Lipinski definition) is 0. The van der Waals surface area contributed by atoms with Crippen LogP contribution in [0.3, 0.4) is 0 Å². The third-order valence-electron chi connectivity index (χ3n) is 5.40. The summed E-state index contributed by atoms with van der Waals surface area (Å²) in [6, 6.07) is 5.87. The summed E-state index contributed by atoms with van der Waals surface area (Å²) in [6.07, 6.45) is 0. The van der Waals surface area contributed by atoms with Gasteiger partial charge in [0, 0.05) is 38.3 Å². The maximum atomic E-state index is 12.4. The first-order chi connectivity index (χ1) is 12.3.